The van der Waals surface area contributed by atoms with Crippen molar-refractivity contribution in [1.82, 2.24) is 15.3 Å². The van der Waals surface area contributed by atoms with Crippen molar-refractivity contribution in [3.63, 3.8) is 0 Å². The first kappa shape index (κ1) is 23.1. The average molecular weight is 478 g/mol. The molecule has 0 radical (unpaired) electrons. The molecule has 3 N–H and O–H groups in total. The van der Waals surface area contributed by atoms with Gasteiger partial charge in [0.25, 0.3) is 5.91 Å². The number of aryl methyl sites for hydroxylation is 1. The lowest BCUT2D eigenvalue weighted by Crippen LogP contribution is -2.27. The maximum atomic E-state index is 12.5. The van der Waals surface area contributed by atoms with Crippen LogP contribution >= 0.6 is 12.4 Å². The molecule has 0 bridgehead atoms. The SMILES string of the molecule is Cl.N[C@H]1CCN(c2c3c(nc4ccc(-c5ccnc(C(=O)NC6CC6)c5)cc24)CCCCC3)C1. The highest BCUT2D eigenvalue weighted by Crippen LogP contribution is 2.38. The van der Waals surface area contributed by atoms with Crippen LogP contribution in [0, 0.1) is 0 Å². The Balaban J connectivity index is 0.00000241. The number of amides is 1. The molecule has 7 heteroatoms. The summed E-state index contributed by atoms with van der Waals surface area (Å²) in [7, 11) is 0. The van der Waals surface area contributed by atoms with E-state index in [9.17, 15) is 4.79 Å². The molecule has 6 nitrogen and oxygen atoms in total. The molecule has 2 aliphatic carbocycles. The maximum Gasteiger partial charge on any atom is 0.270 e. The standard InChI is InChI=1S/C27H31N5O.ClH/c28-19-11-13-32(16-19)26-21-4-2-1-3-5-23(21)31-24-9-6-17(14-22(24)26)18-10-12-29-25(15-18)27(33)30-20-7-8-20;/h6,9-10,12,14-15,19-20H,1-5,7-8,11,13,16,28H2,(H,30,33);1H/t19-;/m0./s1. The first-order chi connectivity index (χ1) is 16.2. The number of nitrogens with two attached hydrogens (primary N) is 1. The molecule has 178 valence electrons. The molecule has 1 saturated carbocycles. The fraction of sp³-hybridized carbons (Fsp3) is 0.444. The topological polar surface area (TPSA) is 84.1 Å². The van der Waals surface area contributed by atoms with E-state index in [2.05, 4.69) is 33.4 Å². The second-order valence-electron chi connectivity index (χ2n) is 9.85. The van der Waals surface area contributed by atoms with Crippen LogP contribution in [0.4, 0.5) is 5.69 Å². The fourth-order valence-corrected chi connectivity index (χ4v) is 5.33. The lowest BCUT2D eigenvalue weighted by molar-refractivity contribution is 0.0946. The Morgan fingerprint density at radius 2 is 1.85 bits per heavy atom. The summed E-state index contributed by atoms with van der Waals surface area (Å²) in [5, 5.41) is 4.24. The second-order valence-corrected chi connectivity index (χ2v) is 9.85. The van der Waals surface area contributed by atoms with E-state index in [4.69, 9.17) is 10.7 Å². The number of nitrogens with one attached hydrogen (secondary N) is 1. The highest BCUT2D eigenvalue weighted by atomic mass is 35.5. The van der Waals surface area contributed by atoms with Gasteiger partial charge in [-0.05, 0) is 85.9 Å². The van der Waals surface area contributed by atoms with Crippen molar-refractivity contribution in [3.05, 3.63) is 53.5 Å². The molecular formula is C27H32ClN5O. The lowest BCUT2D eigenvalue weighted by atomic mass is 9.97. The minimum atomic E-state index is -0.0844. The molecule has 0 spiro atoms. The number of halogens is 1. The van der Waals surface area contributed by atoms with Gasteiger partial charge in [-0.1, -0.05) is 12.5 Å². The van der Waals surface area contributed by atoms with Gasteiger partial charge in [0.15, 0.2) is 0 Å². The molecular weight excluding hydrogens is 446 g/mol. The quantitative estimate of drug-likeness (QED) is 0.543. The second kappa shape index (κ2) is 9.51. The summed E-state index contributed by atoms with van der Waals surface area (Å²) >= 11 is 0. The van der Waals surface area contributed by atoms with Gasteiger partial charge in [0.2, 0.25) is 0 Å². The zero-order valence-corrected chi connectivity index (χ0v) is 20.2. The van der Waals surface area contributed by atoms with E-state index in [0.29, 0.717) is 11.7 Å². The largest absolute Gasteiger partial charge is 0.369 e. The van der Waals surface area contributed by atoms with Crippen molar-refractivity contribution < 1.29 is 4.79 Å². The van der Waals surface area contributed by atoms with Crippen molar-refractivity contribution in [3.8, 4) is 11.1 Å². The van der Waals surface area contributed by atoms with Crippen LogP contribution in [0.2, 0.25) is 0 Å². The summed E-state index contributed by atoms with van der Waals surface area (Å²) in [6.45, 7) is 1.90. The molecule has 6 rings (SSSR count). The van der Waals surface area contributed by atoms with E-state index in [1.807, 2.05) is 12.1 Å². The van der Waals surface area contributed by atoms with Gasteiger partial charge in [0.1, 0.15) is 5.69 Å². The minimum absolute atomic E-state index is 0. The Hall–Kier alpha value is -2.70. The van der Waals surface area contributed by atoms with Gasteiger partial charge >= 0.3 is 0 Å². The summed E-state index contributed by atoms with van der Waals surface area (Å²) in [5.41, 5.74) is 14.0. The molecule has 1 saturated heterocycles. The molecule has 34 heavy (non-hydrogen) atoms. The van der Waals surface area contributed by atoms with Crippen LogP contribution in [0.5, 0.6) is 0 Å². The van der Waals surface area contributed by atoms with Crippen LogP contribution in [0.1, 0.15) is 60.3 Å². The van der Waals surface area contributed by atoms with E-state index < -0.39 is 0 Å². The summed E-state index contributed by atoms with van der Waals surface area (Å²) in [6.07, 6.45) is 10.7. The number of pyridine rings is 2. The number of hydrogen-bond acceptors (Lipinski definition) is 5. The van der Waals surface area contributed by atoms with Crippen molar-refractivity contribution >= 4 is 34.9 Å². The number of carbonyl (C=O) groups is 1. The molecule has 1 amide bonds. The monoisotopic (exact) mass is 477 g/mol. The van der Waals surface area contributed by atoms with Gasteiger partial charge in [-0.15, -0.1) is 12.4 Å². The summed E-state index contributed by atoms with van der Waals surface area (Å²) in [4.78, 5) is 24.5. The van der Waals surface area contributed by atoms with Gasteiger partial charge in [0, 0.05) is 42.5 Å². The third kappa shape index (κ3) is 4.49. The number of rotatable bonds is 4. The number of benzene rings is 1. The molecule has 3 aliphatic rings. The molecule has 2 aromatic heterocycles. The van der Waals surface area contributed by atoms with Crippen LogP contribution in [0.3, 0.4) is 0 Å². The zero-order valence-electron chi connectivity index (χ0n) is 19.4. The summed E-state index contributed by atoms with van der Waals surface area (Å²) in [6, 6.07) is 10.9. The minimum Gasteiger partial charge on any atom is -0.369 e. The highest BCUT2D eigenvalue weighted by molar-refractivity contribution is 5.98. The Bertz CT molecular complexity index is 1230. The van der Waals surface area contributed by atoms with Gasteiger partial charge in [-0.3, -0.25) is 14.8 Å². The predicted octanol–water partition coefficient (Wildman–Crippen LogP) is 4.42. The summed E-state index contributed by atoms with van der Waals surface area (Å²) in [5.74, 6) is -0.0844. The molecule has 0 unspecified atom stereocenters. The molecule has 1 atom stereocenters. The van der Waals surface area contributed by atoms with Crippen molar-refractivity contribution in [2.45, 2.75) is 63.5 Å². The van der Waals surface area contributed by atoms with Gasteiger partial charge in [0.05, 0.1) is 11.2 Å². The number of anilines is 1. The van der Waals surface area contributed by atoms with Crippen LogP contribution < -0.4 is 16.0 Å². The van der Waals surface area contributed by atoms with Crippen LogP contribution in [-0.2, 0) is 12.8 Å². The van der Waals surface area contributed by atoms with Crippen LogP contribution in [-0.4, -0.2) is 41.0 Å². The number of hydrogen-bond donors (Lipinski definition) is 2. The lowest BCUT2D eigenvalue weighted by Gasteiger charge is -2.25. The molecule has 1 aliphatic heterocycles. The van der Waals surface area contributed by atoms with E-state index >= 15 is 0 Å². The van der Waals surface area contributed by atoms with E-state index in [1.165, 1.54) is 41.6 Å². The van der Waals surface area contributed by atoms with Crippen LogP contribution in [0.25, 0.3) is 22.0 Å². The predicted molar refractivity (Wildman–Crippen MR) is 139 cm³/mol. The van der Waals surface area contributed by atoms with E-state index in [-0.39, 0.29) is 24.4 Å². The molecule has 3 aromatic rings. The normalized spacial score (nSPS) is 19.9. The van der Waals surface area contributed by atoms with Crippen molar-refractivity contribution in [1.29, 1.82) is 0 Å². The molecule has 3 heterocycles. The highest BCUT2D eigenvalue weighted by Gasteiger charge is 2.27. The third-order valence-corrected chi connectivity index (χ3v) is 7.26. The first-order valence-corrected chi connectivity index (χ1v) is 12.4. The van der Waals surface area contributed by atoms with E-state index in [1.54, 1.807) is 6.20 Å². The Morgan fingerprint density at radius 1 is 1.03 bits per heavy atom. The van der Waals surface area contributed by atoms with Crippen molar-refractivity contribution in [2.24, 2.45) is 5.73 Å². The Kier molecular flexibility index (Phi) is 6.45. The molecule has 2 fully saturated rings. The van der Waals surface area contributed by atoms with E-state index in [0.717, 1.165) is 61.8 Å². The third-order valence-electron chi connectivity index (χ3n) is 7.26. The molecule has 1 aromatic carbocycles. The number of aromatic nitrogens is 2. The van der Waals surface area contributed by atoms with Gasteiger partial charge in [-0.2, -0.15) is 0 Å². The zero-order chi connectivity index (χ0) is 22.4. The average Bonchev–Trinajstić information content (AvgIpc) is 3.59. The smallest absolute Gasteiger partial charge is 0.270 e. The maximum absolute atomic E-state index is 12.5. The van der Waals surface area contributed by atoms with Crippen LogP contribution in [0.15, 0.2) is 36.5 Å². The van der Waals surface area contributed by atoms with Gasteiger partial charge in [-0.25, -0.2) is 0 Å². The first-order valence-electron chi connectivity index (χ1n) is 12.4. The summed E-state index contributed by atoms with van der Waals surface area (Å²) < 4.78 is 0. The number of nitrogens with zero attached hydrogens (tertiary/aromatic N) is 3. The Labute approximate surface area is 206 Å². The van der Waals surface area contributed by atoms with Crippen molar-refractivity contribution in [2.75, 3.05) is 18.0 Å². The fourth-order valence-electron chi connectivity index (χ4n) is 5.33. The number of fused-ring (bicyclic) bond motifs is 2. The number of carbonyl (C=O) groups excluding carboxylic acids is 1. The van der Waals surface area contributed by atoms with Gasteiger partial charge < -0.3 is 16.0 Å². The Morgan fingerprint density at radius 3 is 2.65 bits per heavy atom.